The number of anilines is 2. The summed E-state index contributed by atoms with van der Waals surface area (Å²) in [6.45, 7) is 3.73. The molecule has 188 valence electrons. The van der Waals surface area contributed by atoms with Crippen molar-refractivity contribution in [3.8, 4) is 5.75 Å². The Morgan fingerprint density at radius 2 is 1.41 bits per heavy atom. The fourth-order valence-corrected chi connectivity index (χ4v) is 3.97. The Labute approximate surface area is 215 Å². The molecule has 0 spiro atoms. The van der Waals surface area contributed by atoms with Gasteiger partial charge in [0.2, 0.25) is 5.91 Å². The van der Waals surface area contributed by atoms with Gasteiger partial charge in [0.15, 0.2) is 0 Å². The van der Waals surface area contributed by atoms with Gasteiger partial charge in [-0.25, -0.2) is 0 Å². The molecule has 4 rings (SSSR count). The first-order valence-electron chi connectivity index (χ1n) is 12.0. The van der Waals surface area contributed by atoms with Crippen LogP contribution >= 0.6 is 0 Å². The van der Waals surface area contributed by atoms with Gasteiger partial charge in [0, 0.05) is 11.3 Å². The van der Waals surface area contributed by atoms with Crippen molar-refractivity contribution in [3.63, 3.8) is 0 Å². The van der Waals surface area contributed by atoms with Gasteiger partial charge >= 0.3 is 0 Å². The number of ether oxygens (including phenoxy) is 1. The van der Waals surface area contributed by atoms with E-state index in [0.717, 1.165) is 10.8 Å². The molecule has 1 atom stereocenters. The molecule has 0 saturated carbocycles. The van der Waals surface area contributed by atoms with Crippen LogP contribution in [0.4, 0.5) is 11.4 Å². The summed E-state index contributed by atoms with van der Waals surface area (Å²) in [6.07, 6.45) is 0. The summed E-state index contributed by atoms with van der Waals surface area (Å²) in [4.78, 5) is 39.2. The van der Waals surface area contributed by atoms with E-state index in [-0.39, 0.29) is 23.3 Å². The molecular formula is C30H29N3O4. The predicted octanol–water partition coefficient (Wildman–Crippen LogP) is 5.49. The zero-order valence-corrected chi connectivity index (χ0v) is 20.9. The molecule has 0 aliphatic heterocycles. The zero-order valence-electron chi connectivity index (χ0n) is 20.9. The highest BCUT2D eigenvalue weighted by Gasteiger charge is 2.26. The van der Waals surface area contributed by atoms with Crippen molar-refractivity contribution in [2.45, 2.75) is 19.9 Å². The molecule has 0 unspecified atom stereocenters. The highest BCUT2D eigenvalue weighted by Crippen LogP contribution is 2.21. The summed E-state index contributed by atoms with van der Waals surface area (Å²) in [5.74, 6) is -0.683. The average Bonchev–Trinajstić information content (AvgIpc) is 2.91. The molecule has 3 amide bonds. The van der Waals surface area contributed by atoms with Gasteiger partial charge in [-0.15, -0.1) is 0 Å². The van der Waals surface area contributed by atoms with Crippen LogP contribution in [0.3, 0.4) is 0 Å². The highest BCUT2D eigenvalue weighted by atomic mass is 16.5. The number of methoxy groups -OCH3 is 1. The number of amides is 3. The number of hydrogen-bond donors (Lipinski definition) is 3. The first-order valence-corrected chi connectivity index (χ1v) is 12.0. The number of carbonyl (C=O) groups is 3. The van der Waals surface area contributed by atoms with E-state index in [4.69, 9.17) is 4.74 Å². The Morgan fingerprint density at radius 1 is 0.730 bits per heavy atom. The maximum atomic E-state index is 13.3. The zero-order chi connectivity index (χ0) is 26.4. The molecule has 0 saturated heterocycles. The number of benzene rings is 4. The van der Waals surface area contributed by atoms with E-state index in [9.17, 15) is 14.4 Å². The van der Waals surface area contributed by atoms with Crippen LogP contribution in [0.5, 0.6) is 5.75 Å². The number of carbonyl (C=O) groups excluding carboxylic acids is 3. The number of para-hydroxylation sites is 1. The largest absolute Gasteiger partial charge is 0.497 e. The number of nitrogens with one attached hydrogen (secondary N) is 3. The minimum Gasteiger partial charge on any atom is -0.497 e. The lowest BCUT2D eigenvalue weighted by Gasteiger charge is -2.22. The predicted molar refractivity (Wildman–Crippen MR) is 146 cm³/mol. The van der Waals surface area contributed by atoms with Gasteiger partial charge in [-0.2, -0.15) is 0 Å². The lowest BCUT2D eigenvalue weighted by atomic mass is 10.0. The summed E-state index contributed by atoms with van der Waals surface area (Å²) >= 11 is 0. The fraction of sp³-hybridized carbons (Fsp3) is 0.167. The average molecular weight is 496 g/mol. The van der Waals surface area contributed by atoms with Crippen LogP contribution < -0.4 is 20.7 Å². The number of rotatable bonds is 8. The second-order valence-electron chi connectivity index (χ2n) is 8.97. The lowest BCUT2D eigenvalue weighted by Crippen LogP contribution is -2.47. The van der Waals surface area contributed by atoms with Gasteiger partial charge in [-0.05, 0) is 65.2 Å². The van der Waals surface area contributed by atoms with E-state index in [2.05, 4.69) is 16.0 Å². The van der Waals surface area contributed by atoms with Gasteiger partial charge in [-0.3, -0.25) is 14.4 Å². The molecule has 37 heavy (non-hydrogen) atoms. The molecule has 4 aromatic rings. The summed E-state index contributed by atoms with van der Waals surface area (Å²) in [5.41, 5.74) is 1.67. The van der Waals surface area contributed by atoms with Crippen molar-refractivity contribution >= 4 is 39.9 Å². The highest BCUT2D eigenvalue weighted by molar-refractivity contribution is 6.10. The lowest BCUT2D eigenvalue weighted by molar-refractivity contribution is -0.118. The van der Waals surface area contributed by atoms with Crippen molar-refractivity contribution < 1.29 is 19.1 Å². The van der Waals surface area contributed by atoms with Crippen molar-refractivity contribution in [2.24, 2.45) is 5.92 Å². The minimum absolute atomic E-state index is 0.176. The molecule has 0 aliphatic rings. The number of fused-ring (bicyclic) bond motifs is 1. The Hall–Kier alpha value is -4.65. The monoisotopic (exact) mass is 495 g/mol. The maximum Gasteiger partial charge on any atom is 0.255 e. The molecule has 0 aliphatic carbocycles. The van der Waals surface area contributed by atoms with Crippen LogP contribution in [-0.4, -0.2) is 30.9 Å². The second kappa shape index (κ2) is 11.4. The van der Waals surface area contributed by atoms with Crippen molar-refractivity contribution in [3.05, 3.63) is 102 Å². The van der Waals surface area contributed by atoms with Gasteiger partial charge in [0.1, 0.15) is 11.8 Å². The SMILES string of the molecule is COc1ccc(C(=O)Nc2ccccc2C(=O)N[C@@H](C(=O)Nc2ccc3ccccc3c2)C(C)C)cc1. The normalized spacial score (nSPS) is 11.6. The van der Waals surface area contributed by atoms with E-state index in [1.165, 1.54) is 0 Å². The number of hydrogen-bond acceptors (Lipinski definition) is 4. The van der Waals surface area contributed by atoms with Gasteiger partial charge in [-0.1, -0.05) is 56.3 Å². The molecule has 0 bridgehead atoms. The van der Waals surface area contributed by atoms with Crippen LogP contribution in [0, 0.1) is 5.92 Å². The van der Waals surface area contributed by atoms with Crippen LogP contribution in [0.15, 0.2) is 91.0 Å². The second-order valence-corrected chi connectivity index (χ2v) is 8.97. The summed E-state index contributed by atoms with van der Waals surface area (Å²) in [7, 11) is 1.55. The first kappa shape index (κ1) is 25.4. The van der Waals surface area contributed by atoms with Crippen molar-refractivity contribution in [2.75, 3.05) is 17.7 Å². The third-order valence-corrected chi connectivity index (χ3v) is 6.02. The Bertz CT molecular complexity index is 1430. The molecular weight excluding hydrogens is 466 g/mol. The third-order valence-electron chi connectivity index (χ3n) is 6.02. The van der Waals surface area contributed by atoms with Crippen molar-refractivity contribution in [1.82, 2.24) is 5.32 Å². The standard InChI is InChI=1S/C30H29N3O4/c1-19(2)27(30(36)31-23-15-12-20-8-4-5-9-22(20)18-23)33-29(35)25-10-6-7-11-26(25)32-28(34)21-13-16-24(37-3)17-14-21/h4-19,27H,1-3H3,(H,31,36)(H,32,34)(H,33,35)/t27-/m1/s1. The molecule has 0 heterocycles. The van der Waals surface area contributed by atoms with Crippen molar-refractivity contribution in [1.29, 1.82) is 0 Å². The Kier molecular flexibility index (Phi) is 7.83. The quantitative estimate of drug-likeness (QED) is 0.301. The van der Waals surface area contributed by atoms with E-state index >= 15 is 0 Å². The van der Waals surface area contributed by atoms with Crippen LogP contribution in [-0.2, 0) is 4.79 Å². The first-order chi connectivity index (χ1) is 17.9. The van der Waals surface area contributed by atoms with Crippen LogP contribution in [0.1, 0.15) is 34.6 Å². The van der Waals surface area contributed by atoms with E-state index in [1.54, 1.807) is 55.6 Å². The molecule has 7 nitrogen and oxygen atoms in total. The molecule has 0 fully saturated rings. The molecule has 3 N–H and O–H groups in total. The minimum atomic E-state index is -0.788. The molecule has 0 aromatic heterocycles. The van der Waals surface area contributed by atoms with Crippen LogP contribution in [0.25, 0.3) is 10.8 Å². The summed E-state index contributed by atoms with van der Waals surface area (Å²) in [6, 6.07) is 26.1. The maximum absolute atomic E-state index is 13.3. The van der Waals surface area contributed by atoms with Gasteiger partial charge in [0.05, 0.1) is 18.4 Å². The van der Waals surface area contributed by atoms with Crippen LogP contribution in [0.2, 0.25) is 0 Å². The van der Waals surface area contributed by atoms with Gasteiger partial charge < -0.3 is 20.7 Å². The van der Waals surface area contributed by atoms with E-state index in [1.807, 2.05) is 56.3 Å². The van der Waals surface area contributed by atoms with Gasteiger partial charge in [0.25, 0.3) is 11.8 Å². The van der Waals surface area contributed by atoms with E-state index in [0.29, 0.717) is 22.7 Å². The smallest absolute Gasteiger partial charge is 0.255 e. The molecule has 0 radical (unpaired) electrons. The van der Waals surface area contributed by atoms with E-state index < -0.39 is 11.9 Å². The Balaban J connectivity index is 1.48. The fourth-order valence-electron chi connectivity index (χ4n) is 3.97. The Morgan fingerprint density at radius 3 is 2.11 bits per heavy atom. The molecule has 7 heteroatoms. The summed E-state index contributed by atoms with van der Waals surface area (Å²) in [5, 5.41) is 10.6. The molecule has 4 aromatic carbocycles. The topological polar surface area (TPSA) is 96.5 Å². The third kappa shape index (κ3) is 6.13. The summed E-state index contributed by atoms with van der Waals surface area (Å²) < 4.78 is 5.13.